The first-order valence-electron chi connectivity index (χ1n) is 10.5. The Labute approximate surface area is 217 Å². The van der Waals surface area contributed by atoms with Crippen molar-refractivity contribution in [2.24, 2.45) is 11.8 Å². The summed E-state index contributed by atoms with van der Waals surface area (Å²) in [7, 11) is 0. The van der Waals surface area contributed by atoms with Crippen molar-refractivity contribution in [3.05, 3.63) is 58.4 Å². The molecule has 0 aromatic heterocycles. The molecular formula is C23H19Cl3F6N2O2. The first-order chi connectivity index (χ1) is 16.4. The summed E-state index contributed by atoms with van der Waals surface area (Å²) >= 11 is 18.4. The molecule has 13 heteroatoms. The summed E-state index contributed by atoms with van der Waals surface area (Å²) in [6, 6.07) is 6.23. The Kier molecular flexibility index (Phi) is 7.85. The number of alkyl halides is 7. The standard InChI is InChI=1S/C23H19Cl3F6N2O2/c1-10(21(2,28)29)7-17(35)34-16-9-12(4-5-14(16)24)33-20(36)19-18(22(19,25)26)11-3-6-15(27)13(8-11)23(30,31)32/h3-6,8-10,18-19H,7H2,1-2H3,(H,33,36)(H,34,35)/t10?,18-,19+/m0/s1. The molecule has 3 rings (SSSR count). The average Bonchev–Trinajstić information content (AvgIpc) is 3.31. The predicted molar refractivity (Wildman–Crippen MR) is 125 cm³/mol. The topological polar surface area (TPSA) is 58.2 Å². The van der Waals surface area contributed by atoms with E-state index in [1.807, 2.05) is 0 Å². The van der Waals surface area contributed by atoms with Crippen LogP contribution in [0.5, 0.6) is 0 Å². The SMILES string of the molecule is CC(CC(=O)Nc1cc(NC(=O)[C@H]2[C@H](c3ccc(F)c(C(F)(F)F)c3)C2(Cl)Cl)ccc1Cl)C(C)(F)F. The van der Waals surface area contributed by atoms with E-state index in [1.165, 1.54) is 25.1 Å². The minimum atomic E-state index is -4.96. The molecule has 2 aromatic carbocycles. The number of carbonyl (C=O) groups excluding carboxylic acids is 2. The van der Waals surface area contributed by atoms with Crippen LogP contribution in [0.2, 0.25) is 5.02 Å². The van der Waals surface area contributed by atoms with Crippen LogP contribution in [0.3, 0.4) is 0 Å². The molecule has 0 aliphatic heterocycles. The van der Waals surface area contributed by atoms with Crippen LogP contribution in [-0.4, -0.2) is 22.1 Å². The quantitative estimate of drug-likeness (QED) is 0.263. The maximum atomic E-state index is 13.6. The molecule has 2 amide bonds. The summed E-state index contributed by atoms with van der Waals surface area (Å²) in [6.45, 7) is 1.91. The van der Waals surface area contributed by atoms with Gasteiger partial charge < -0.3 is 10.6 Å². The summed E-state index contributed by atoms with van der Waals surface area (Å²) in [5.41, 5.74) is -1.42. The van der Waals surface area contributed by atoms with Crippen LogP contribution in [0.15, 0.2) is 36.4 Å². The van der Waals surface area contributed by atoms with Crippen molar-refractivity contribution in [1.82, 2.24) is 0 Å². The fourth-order valence-electron chi connectivity index (χ4n) is 3.60. The molecule has 1 saturated carbocycles. The van der Waals surface area contributed by atoms with Gasteiger partial charge in [0.25, 0.3) is 0 Å². The Bertz CT molecular complexity index is 1180. The molecule has 196 valence electrons. The van der Waals surface area contributed by atoms with E-state index in [2.05, 4.69) is 10.6 Å². The third kappa shape index (κ3) is 6.20. The fourth-order valence-corrected chi connectivity index (χ4v) is 4.59. The first kappa shape index (κ1) is 28.4. The van der Waals surface area contributed by atoms with E-state index in [9.17, 15) is 35.9 Å². The molecule has 1 unspecified atom stereocenters. The highest BCUT2D eigenvalue weighted by Crippen LogP contribution is 2.65. The van der Waals surface area contributed by atoms with Crippen molar-refractivity contribution in [2.45, 2.75) is 42.6 Å². The van der Waals surface area contributed by atoms with E-state index < -0.39 is 63.8 Å². The minimum absolute atomic E-state index is 0.0368. The number of benzene rings is 2. The smallest absolute Gasteiger partial charge is 0.326 e. The van der Waals surface area contributed by atoms with Crippen LogP contribution in [0.25, 0.3) is 0 Å². The lowest BCUT2D eigenvalue weighted by atomic mass is 10.0. The zero-order valence-electron chi connectivity index (χ0n) is 18.6. The molecule has 0 spiro atoms. The summed E-state index contributed by atoms with van der Waals surface area (Å²) < 4.78 is 77.8. The number of anilines is 2. The second kappa shape index (κ2) is 9.95. The number of carbonyl (C=O) groups is 2. The van der Waals surface area contributed by atoms with E-state index in [0.29, 0.717) is 19.1 Å². The van der Waals surface area contributed by atoms with E-state index in [4.69, 9.17) is 34.8 Å². The number of halogens is 9. The molecule has 0 saturated heterocycles. The largest absolute Gasteiger partial charge is 0.419 e. The Morgan fingerprint density at radius 2 is 1.69 bits per heavy atom. The van der Waals surface area contributed by atoms with Gasteiger partial charge in [0, 0.05) is 23.9 Å². The fraction of sp³-hybridized carbons (Fsp3) is 0.391. The van der Waals surface area contributed by atoms with Crippen molar-refractivity contribution in [3.63, 3.8) is 0 Å². The molecule has 1 fully saturated rings. The van der Waals surface area contributed by atoms with Gasteiger partial charge in [-0.1, -0.05) is 24.6 Å². The van der Waals surface area contributed by atoms with Gasteiger partial charge >= 0.3 is 6.18 Å². The Balaban J connectivity index is 1.74. The summed E-state index contributed by atoms with van der Waals surface area (Å²) in [6.07, 6.45) is -5.44. The maximum absolute atomic E-state index is 13.6. The summed E-state index contributed by atoms with van der Waals surface area (Å²) in [5, 5.41) is 4.95. The molecule has 1 aliphatic carbocycles. The first-order valence-corrected chi connectivity index (χ1v) is 11.6. The number of amides is 2. The van der Waals surface area contributed by atoms with Crippen LogP contribution in [0, 0.1) is 17.7 Å². The van der Waals surface area contributed by atoms with Crippen molar-refractivity contribution in [2.75, 3.05) is 10.6 Å². The van der Waals surface area contributed by atoms with Gasteiger partial charge in [-0.15, -0.1) is 23.2 Å². The van der Waals surface area contributed by atoms with Crippen LogP contribution in [-0.2, 0) is 15.8 Å². The van der Waals surface area contributed by atoms with Crippen LogP contribution in [0.4, 0.5) is 37.7 Å². The zero-order valence-corrected chi connectivity index (χ0v) is 20.9. The molecule has 3 atom stereocenters. The lowest BCUT2D eigenvalue weighted by Gasteiger charge is -2.19. The van der Waals surface area contributed by atoms with Gasteiger partial charge in [-0.25, -0.2) is 13.2 Å². The number of hydrogen-bond acceptors (Lipinski definition) is 2. The third-order valence-electron chi connectivity index (χ3n) is 5.86. The van der Waals surface area contributed by atoms with Crippen LogP contribution < -0.4 is 10.6 Å². The van der Waals surface area contributed by atoms with E-state index >= 15 is 0 Å². The Morgan fingerprint density at radius 1 is 1.06 bits per heavy atom. The highest BCUT2D eigenvalue weighted by atomic mass is 35.5. The Hall–Kier alpha value is -2.17. The molecule has 1 aliphatic rings. The number of hydrogen-bond donors (Lipinski definition) is 2. The summed E-state index contributed by atoms with van der Waals surface area (Å²) in [5.74, 6) is -9.49. The molecule has 0 radical (unpaired) electrons. The maximum Gasteiger partial charge on any atom is 0.419 e. The van der Waals surface area contributed by atoms with Gasteiger partial charge in [-0.2, -0.15) is 13.2 Å². The summed E-state index contributed by atoms with van der Waals surface area (Å²) in [4.78, 5) is 25.0. The highest BCUT2D eigenvalue weighted by molar-refractivity contribution is 6.53. The van der Waals surface area contributed by atoms with Crippen molar-refractivity contribution in [3.8, 4) is 0 Å². The second-order valence-corrected chi connectivity index (χ2v) is 10.5. The molecule has 36 heavy (non-hydrogen) atoms. The second-order valence-electron chi connectivity index (χ2n) is 8.66. The van der Waals surface area contributed by atoms with Crippen molar-refractivity contribution in [1.29, 1.82) is 0 Å². The van der Waals surface area contributed by atoms with Gasteiger partial charge in [0.05, 0.1) is 22.2 Å². The predicted octanol–water partition coefficient (Wildman–Crippen LogP) is 7.64. The normalized spacial score (nSPS) is 20.0. The van der Waals surface area contributed by atoms with Gasteiger partial charge in [-0.3, -0.25) is 9.59 Å². The average molecular weight is 576 g/mol. The van der Waals surface area contributed by atoms with E-state index in [0.717, 1.165) is 6.07 Å². The van der Waals surface area contributed by atoms with Gasteiger partial charge in [0.1, 0.15) is 10.2 Å². The van der Waals surface area contributed by atoms with E-state index in [-0.39, 0.29) is 22.0 Å². The molecule has 2 N–H and O–H groups in total. The monoisotopic (exact) mass is 574 g/mol. The van der Waals surface area contributed by atoms with Gasteiger partial charge in [-0.05, 0) is 42.8 Å². The molecule has 2 aromatic rings. The number of nitrogens with one attached hydrogen (secondary N) is 2. The lowest BCUT2D eigenvalue weighted by molar-refractivity contribution is -0.140. The minimum Gasteiger partial charge on any atom is -0.326 e. The molecular weight excluding hydrogens is 557 g/mol. The molecule has 4 nitrogen and oxygen atoms in total. The van der Waals surface area contributed by atoms with Crippen molar-refractivity contribution >= 4 is 58.0 Å². The van der Waals surface area contributed by atoms with Gasteiger partial charge in [0.2, 0.25) is 17.7 Å². The van der Waals surface area contributed by atoms with Crippen LogP contribution >= 0.6 is 34.8 Å². The Morgan fingerprint density at radius 3 is 2.28 bits per heavy atom. The van der Waals surface area contributed by atoms with E-state index in [1.54, 1.807) is 0 Å². The van der Waals surface area contributed by atoms with Crippen molar-refractivity contribution < 1.29 is 35.9 Å². The molecule has 0 heterocycles. The highest BCUT2D eigenvalue weighted by Gasteiger charge is 2.67. The zero-order chi connectivity index (χ0) is 27.2. The molecule has 0 bridgehead atoms. The van der Waals surface area contributed by atoms with Gasteiger partial charge in [0.15, 0.2) is 0 Å². The van der Waals surface area contributed by atoms with Crippen LogP contribution in [0.1, 0.15) is 37.3 Å². The number of rotatable bonds is 7. The third-order valence-corrected chi connectivity index (χ3v) is 7.13. The lowest BCUT2D eigenvalue weighted by Crippen LogP contribution is -2.26.